The monoisotopic (exact) mass is 885 g/mol. The second-order valence-corrected chi connectivity index (χ2v) is 22.4. The number of para-hydroxylation sites is 2. The van der Waals surface area contributed by atoms with Gasteiger partial charge in [0.2, 0.25) is 0 Å². The van der Waals surface area contributed by atoms with Crippen LogP contribution in [-0.2, 0) is 10.8 Å². The molecule has 6 heteroatoms. The van der Waals surface area contributed by atoms with E-state index in [1.54, 1.807) is 0 Å². The van der Waals surface area contributed by atoms with Crippen molar-refractivity contribution in [1.29, 1.82) is 0 Å². The summed E-state index contributed by atoms with van der Waals surface area (Å²) in [5, 5.41) is 4.89. The van der Waals surface area contributed by atoms with Gasteiger partial charge in [0.05, 0.1) is 16.6 Å². The van der Waals surface area contributed by atoms with Gasteiger partial charge in [0.1, 0.15) is 11.2 Å². The van der Waals surface area contributed by atoms with Crippen molar-refractivity contribution in [2.45, 2.75) is 83.6 Å². The van der Waals surface area contributed by atoms with E-state index in [0.717, 1.165) is 34.0 Å². The van der Waals surface area contributed by atoms with Crippen LogP contribution in [0.4, 0.5) is 45.5 Å². The van der Waals surface area contributed by atoms with Crippen LogP contribution in [0.5, 0.6) is 0 Å². The number of benzene rings is 8. The quantitative estimate of drug-likeness (QED) is 0.165. The van der Waals surface area contributed by atoms with Crippen LogP contribution in [0, 0.1) is 6.92 Å². The summed E-state index contributed by atoms with van der Waals surface area (Å²) in [4.78, 5) is 7.95. The fourth-order valence-electron chi connectivity index (χ4n) is 13.2. The van der Waals surface area contributed by atoms with E-state index in [1.807, 2.05) is 11.3 Å². The van der Waals surface area contributed by atoms with Crippen LogP contribution in [0.3, 0.4) is 0 Å². The van der Waals surface area contributed by atoms with Gasteiger partial charge in [-0.15, -0.1) is 11.3 Å². The Morgan fingerprint density at radius 3 is 2.07 bits per heavy atom. The maximum Gasteiger partial charge on any atom is 0.252 e. The second-order valence-electron chi connectivity index (χ2n) is 21.3. The minimum absolute atomic E-state index is 0.00132. The molecule has 4 aliphatic rings. The number of thiophene rings is 1. The van der Waals surface area contributed by atoms with Gasteiger partial charge in [0, 0.05) is 70.8 Å². The average molecular weight is 886 g/mol. The van der Waals surface area contributed by atoms with Crippen molar-refractivity contribution in [2.75, 3.05) is 14.7 Å². The molecule has 3 aliphatic heterocycles. The van der Waals surface area contributed by atoms with Crippen LogP contribution >= 0.6 is 11.3 Å². The standard InChI is InChI=1S/C61H52BN3OS/c1-37-32-51-58-52(33-37)64(48-20-15-22-54-57(48)42-17-7-11-21-53(42)66-54)49-34-38(59(2,3)4)24-27-45(49)62(58)46-28-25-40(65-47-19-10-9-18-44(47)60(5)30-13-14-31-61(60,65)6)36-50(46)63(51)39-26-29-56-43(35-39)41-16-8-12-23-55(41)67-56/h7-12,15-29,32-36H,13-14,30-31H2,1-6H3. The summed E-state index contributed by atoms with van der Waals surface area (Å²) in [5.74, 6) is 0. The summed E-state index contributed by atoms with van der Waals surface area (Å²) in [7, 11) is 0. The minimum atomic E-state index is -0.0571. The molecule has 5 heterocycles. The van der Waals surface area contributed by atoms with E-state index in [1.165, 1.54) is 112 Å². The first-order valence-corrected chi connectivity index (χ1v) is 25.1. The number of fused-ring (bicyclic) bond motifs is 13. The van der Waals surface area contributed by atoms with Crippen LogP contribution in [0.1, 0.15) is 77.0 Å². The van der Waals surface area contributed by atoms with Gasteiger partial charge in [0.15, 0.2) is 0 Å². The molecular weight excluding hydrogens is 834 g/mol. The maximum absolute atomic E-state index is 6.60. The SMILES string of the molecule is Cc1cc2c3c(c1)N(c1cccc4oc5ccccc5c14)c1cc(C(C)(C)C)ccc1B3c1ccc(N3c4ccccc4C4(C)CCCCC34C)cc1N2c1ccc2sc3ccccc3c2c1. The van der Waals surface area contributed by atoms with Gasteiger partial charge >= 0.3 is 0 Å². The van der Waals surface area contributed by atoms with E-state index < -0.39 is 0 Å². The number of hydrogen-bond donors (Lipinski definition) is 0. The van der Waals surface area contributed by atoms with Gasteiger partial charge in [-0.3, -0.25) is 0 Å². The smallest absolute Gasteiger partial charge is 0.252 e. The first kappa shape index (κ1) is 39.4. The van der Waals surface area contributed by atoms with E-state index in [-0.39, 0.29) is 23.1 Å². The Kier molecular flexibility index (Phi) is 8.04. The molecule has 2 aromatic heterocycles. The van der Waals surface area contributed by atoms with E-state index in [2.05, 4.69) is 214 Å². The topological polar surface area (TPSA) is 22.9 Å². The lowest BCUT2D eigenvalue weighted by Crippen LogP contribution is -2.61. The molecule has 2 unspecified atom stereocenters. The highest BCUT2D eigenvalue weighted by Gasteiger charge is 2.58. The maximum atomic E-state index is 6.60. The number of nitrogens with zero attached hydrogens (tertiary/aromatic N) is 3. The molecule has 1 fully saturated rings. The van der Waals surface area contributed by atoms with Gasteiger partial charge in [-0.1, -0.05) is 119 Å². The molecule has 8 aromatic carbocycles. The molecule has 0 radical (unpaired) electrons. The second kappa shape index (κ2) is 13.7. The number of aryl methyl sites for hydroxylation is 1. The van der Waals surface area contributed by atoms with Crippen LogP contribution in [0.15, 0.2) is 162 Å². The fourth-order valence-corrected chi connectivity index (χ4v) is 14.2. The Labute approximate surface area is 397 Å². The van der Waals surface area contributed by atoms with Gasteiger partial charge in [0.25, 0.3) is 6.71 Å². The number of hydrogen-bond acceptors (Lipinski definition) is 5. The molecule has 14 rings (SSSR count). The van der Waals surface area contributed by atoms with Gasteiger partial charge in [-0.2, -0.15) is 0 Å². The lowest BCUT2D eigenvalue weighted by Gasteiger charge is -2.50. The molecule has 0 saturated heterocycles. The Hall–Kier alpha value is -6.76. The molecule has 10 aromatic rings. The third-order valence-corrected chi connectivity index (χ3v) is 17.7. The Morgan fingerprint density at radius 1 is 0.552 bits per heavy atom. The largest absolute Gasteiger partial charge is 0.456 e. The zero-order chi connectivity index (χ0) is 45.1. The van der Waals surface area contributed by atoms with Crippen LogP contribution in [0.25, 0.3) is 42.1 Å². The normalized spacial score (nSPS) is 19.6. The van der Waals surface area contributed by atoms with Gasteiger partial charge in [-0.05, 0) is 144 Å². The highest BCUT2D eigenvalue weighted by atomic mass is 32.1. The summed E-state index contributed by atoms with van der Waals surface area (Å²) in [6.45, 7) is 14.4. The molecule has 0 spiro atoms. The summed E-state index contributed by atoms with van der Waals surface area (Å²) in [6.07, 6.45) is 4.87. The fraction of sp³-hybridized carbons (Fsp3) is 0.213. The number of furan rings is 1. The van der Waals surface area contributed by atoms with Crippen LogP contribution < -0.4 is 31.1 Å². The van der Waals surface area contributed by atoms with Crippen LogP contribution in [-0.4, -0.2) is 12.3 Å². The Balaban J connectivity index is 1.07. The molecule has 0 N–H and O–H groups in total. The predicted octanol–water partition coefficient (Wildman–Crippen LogP) is 15.4. The van der Waals surface area contributed by atoms with Gasteiger partial charge in [-0.25, -0.2) is 0 Å². The highest BCUT2D eigenvalue weighted by molar-refractivity contribution is 7.25. The predicted molar refractivity (Wildman–Crippen MR) is 287 cm³/mol. The van der Waals surface area contributed by atoms with Crippen molar-refractivity contribution >= 4 is 122 Å². The first-order valence-electron chi connectivity index (χ1n) is 24.2. The zero-order valence-electron chi connectivity index (χ0n) is 39.1. The molecule has 0 amide bonds. The van der Waals surface area contributed by atoms with E-state index in [9.17, 15) is 0 Å². The van der Waals surface area contributed by atoms with E-state index >= 15 is 0 Å². The molecule has 4 nitrogen and oxygen atoms in total. The minimum Gasteiger partial charge on any atom is -0.456 e. The lowest BCUT2D eigenvalue weighted by atomic mass is 9.33. The highest BCUT2D eigenvalue weighted by Crippen LogP contribution is 2.61. The summed E-state index contributed by atoms with van der Waals surface area (Å²) < 4.78 is 9.24. The molecule has 2 atom stereocenters. The Bertz CT molecular complexity index is 3750. The number of rotatable bonds is 3. The van der Waals surface area contributed by atoms with Crippen molar-refractivity contribution < 1.29 is 4.42 Å². The van der Waals surface area contributed by atoms with Crippen molar-refractivity contribution in [3.8, 4) is 0 Å². The molecular formula is C61H52BN3OS. The van der Waals surface area contributed by atoms with Crippen molar-refractivity contribution in [2.24, 2.45) is 0 Å². The molecule has 1 aliphatic carbocycles. The summed E-state index contributed by atoms with van der Waals surface area (Å²) in [6, 6.07) is 60.2. The third-order valence-electron chi connectivity index (χ3n) is 16.6. The Morgan fingerprint density at radius 2 is 1.22 bits per heavy atom. The van der Waals surface area contributed by atoms with Crippen molar-refractivity contribution in [3.05, 3.63) is 174 Å². The molecule has 326 valence electrons. The first-order chi connectivity index (χ1) is 32.5. The molecule has 0 bridgehead atoms. The molecule has 67 heavy (non-hydrogen) atoms. The molecule has 1 saturated carbocycles. The number of anilines is 8. The van der Waals surface area contributed by atoms with E-state index in [0.29, 0.717) is 0 Å². The zero-order valence-corrected chi connectivity index (χ0v) is 39.9. The lowest BCUT2D eigenvalue weighted by molar-refractivity contribution is 0.195. The summed E-state index contributed by atoms with van der Waals surface area (Å²) >= 11 is 1.88. The third kappa shape index (κ3) is 5.31. The van der Waals surface area contributed by atoms with Gasteiger partial charge < -0.3 is 19.1 Å². The van der Waals surface area contributed by atoms with E-state index in [4.69, 9.17) is 4.42 Å². The average Bonchev–Trinajstić information content (AvgIpc) is 3.96. The van der Waals surface area contributed by atoms with Crippen LogP contribution in [0.2, 0.25) is 0 Å². The summed E-state index contributed by atoms with van der Waals surface area (Å²) in [5.41, 5.74) is 19.6. The van der Waals surface area contributed by atoms with Crippen molar-refractivity contribution in [3.63, 3.8) is 0 Å². The van der Waals surface area contributed by atoms with Crippen molar-refractivity contribution in [1.82, 2.24) is 0 Å².